The van der Waals surface area contributed by atoms with Gasteiger partial charge >= 0.3 is 0 Å². The summed E-state index contributed by atoms with van der Waals surface area (Å²) in [5, 5.41) is 5.45. The minimum absolute atomic E-state index is 0.253. The fourth-order valence-electron chi connectivity index (χ4n) is 3.60. The number of hydrogen-bond donors (Lipinski definition) is 0. The van der Waals surface area contributed by atoms with Gasteiger partial charge in [0.05, 0.1) is 24.2 Å². The van der Waals surface area contributed by atoms with Gasteiger partial charge in [-0.05, 0) is 42.8 Å². The molecule has 0 amide bonds. The molecule has 0 saturated carbocycles. The molecular formula is C26H21Br3ClN3O3. The summed E-state index contributed by atoms with van der Waals surface area (Å²) in [5.41, 5.74) is 1.89. The Morgan fingerprint density at radius 2 is 1.83 bits per heavy atom. The maximum absolute atomic E-state index is 13.3. The molecule has 3 aromatic carbocycles. The zero-order valence-corrected chi connectivity index (χ0v) is 24.9. The van der Waals surface area contributed by atoms with Crippen LogP contribution in [0.3, 0.4) is 0 Å². The summed E-state index contributed by atoms with van der Waals surface area (Å²) in [6.07, 6.45) is 2.95. The van der Waals surface area contributed by atoms with Crippen LogP contribution >= 0.6 is 59.4 Å². The van der Waals surface area contributed by atoms with E-state index < -0.39 is 0 Å². The van der Waals surface area contributed by atoms with Crippen molar-refractivity contribution in [2.75, 3.05) is 7.11 Å². The first-order valence-electron chi connectivity index (χ1n) is 11.0. The number of benzene rings is 3. The van der Waals surface area contributed by atoms with Crippen molar-refractivity contribution in [3.05, 3.63) is 94.3 Å². The zero-order chi connectivity index (χ0) is 25.8. The van der Waals surface area contributed by atoms with Crippen molar-refractivity contribution in [2.45, 2.75) is 26.4 Å². The van der Waals surface area contributed by atoms with E-state index >= 15 is 0 Å². The average molecular weight is 699 g/mol. The van der Waals surface area contributed by atoms with E-state index in [-0.39, 0.29) is 12.2 Å². The van der Waals surface area contributed by atoms with Crippen LogP contribution in [-0.4, -0.2) is 23.0 Å². The first kappa shape index (κ1) is 26.9. The third kappa shape index (κ3) is 6.02. The number of ether oxygens (including phenoxy) is 2. The summed E-state index contributed by atoms with van der Waals surface area (Å²) in [7, 11) is 1.55. The smallest absolute Gasteiger partial charge is 0.282 e. The Hall–Kier alpha value is -2.20. The summed E-state index contributed by atoms with van der Waals surface area (Å²) < 4.78 is 15.7. The summed E-state index contributed by atoms with van der Waals surface area (Å²) in [6, 6.07) is 14.7. The van der Waals surface area contributed by atoms with Crippen LogP contribution in [0.1, 0.15) is 30.3 Å². The van der Waals surface area contributed by atoms with Crippen molar-refractivity contribution in [1.29, 1.82) is 0 Å². The molecule has 0 spiro atoms. The van der Waals surface area contributed by atoms with Crippen LogP contribution in [0.15, 0.2) is 71.8 Å². The predicted molar refractivity (Wildman–Crippen MR) is 155 cm³/mol. The molecule has 0 bridgehead atoms. The Morgan fingerprint density at radius 3 is 2.56 bits per heavy atom. The molecule has 1 aromatic heterocycles. The molecule has 4 aromatic rings. The Kier molecular flexibility index (Phi) is 8.87. The summed E-state index contributed by atoms with van der Waals surface area (Å²) in [4.78, 5) is 18.0. The van der Waals surface area contributed by atoms with Gasteiger partial charge < -0.3 is 9.47 Å². The first-order valence-corrected chi connectivity index (χ1v) is 13.8. The lowest BCUT2D eigenvalue weighted by Gasteiger charge is -2.15. The molecule has 36 heavy (non-hydrogen) atoms. The lowest BCUT2D eigenvalue weighted by molar-refractivity contribution is 0.283. The van der Waals surface area contributed by atoms with E-state index in [0.29, 0.717) is 45.2 Å². The van der Waals surface area contributed by atoms with E-state index in [1.165, 1.54) is 4.68 Å². The number of methoxy groups -OCH3 is 1. The van der Waals surface area contributed by atoms with Crippen LogP contribution in [0.2, 0.25) is 5.02 Å². The highest BCUT2D eigenvalue weighted by Crippen LogP contribution is 2.35. The Balaban J connectivity index is 1.78. The molecule has 0 saturated heterocycles. The van der Waals surface area contributed by atoms with Crippen LogP contribution in [0, 0.1) is 0 Å². The van der Waals surface area contributed by atoms with E-state index in [2.05, 4.69) is 57.9 Å². The van der Waals surface area contributed by atoms with Gasteiger partial charge in [0.15, 0.2) is 11.5 Å². The topological polar surface area (TPSA) is 65.7 Å². The van der Waals surface area contributed by atoms with E-state index in [4.69, 9.17) is 21.1 Å². The number of rotatable bonds is 8. The fourth-order valence-corrected chi connectivity index (χ4v) is 5.34. The van der Waals surface area contributed by atoms with Gasteiger partial charge in [-0.3, -0.25) is 4.79 Å². The van der Waals surface area contributed by atoms with Gasteiger partial charge in [0.1, 0.15) is 12.4 Å². The quantitative estimate of drug-likeness (QED) is 0.177. The fraction of sp³-hybridized carbons (Fsp3) is 0.192. The lowest BCUT2D eigenvalue weighted by atomic mass is 10.2. The summed E-state index contributed by atoms with van der Waals surface area (Å²) in [6.45, 7) is 2.30. The van der Waals surface area contributed by atoms with Gasteiger partial charge in [-0.1, -0.05) is 72.4 Å². The van der Waals surface area contributed by atoms with Crippen molar-refractivity contribution in [3.8, 4) is 11.5 Å². The van der Waals surface area contributed by atoms with Crippen molar-refractivity contribution >= 4 is 76.5 Å². The molecule has 0 radical (unpaired) electrons. The van der Waals surface area contributed by atoms with Gasteiger partial charge in [-0.25, -0.2) is 4.98 Å². The highest BCUT2D eigenvalue weighted by molar-refractivity contribution is 9.11. The first-order chi connectivity index (χ1) is 17.3. The van der Waals surface area contributed by atoms with Crippen LogP contribution in [0.4, 0.5) is 0 Å². The number of hydrogen-bond acceptors (Lipinski definition) is 5. The molecular weight excluding hydrogens is 677 g/mol. The van der Waals surface area contributed by atoms with Crippen molar-refractivity contribution in [2.24, 2.45) is 5.10 Å². The Labute approximate surface area is 238 Å². The third-order valence-electron chi connectivity index (χ3n) is 5.32. The summed E-state index contributed by atoms with van der Waals surface area (Å²) in [5.74, 6) is 1.49. The highest BCUT2D eigenvalue weighted by atomic mass is 79.9. The van der Waals surface area contributed by atoms with Crippen LogP contribution in [0.25, 0.3) is 10.9 Å². The molecule has 0 N–H and O–H groups in total. The number of fused-ring (bicyclic) bond motifs is 1. The molecule has 1 heterocycles. The Morgan fingerprint density at radius 1 is 1.08 bits per heavy atom. The largest absolute Gasteiger partial charge is 0.493 e. The molecule has 0 atom stereocenters. The van der Waals surface area contributed by atoms with E-state index in [1.54, 1.807) is 31.5 Å². The second-order valence-corrected chi connectivity index (χ2v) is 11.0. The summed E-state index contributed by atoms with van der Waals surface area (Å²) >= 11 is 16.8. The molecule has 186 valence electrons. The molecule has 0 unspecified atom stereocenters. The van der Waals surface area contributed by atoms with Gasteiger partial charge in [-0.2, -0.15) is 9.78 Å². The van der Waals surface area contributed by atoms with Gasteiger partial charge in [0, 0.05) is 42.1 Å². The normalized spacial score (nSPS) is 11.4. The second-order valence-electron chi connectivity index (χ2n) is 7.85. The van der Waals surface area contributed by atoms with Gasteiger partial charge in [-0.15, -0.1) is 0 Å². The minimum atomic E-state index is -0.253. The lowest BCUT2D eigenvalue weighted by Crippen LogP contribution is -2.22. The predicted octanol–water partition coefficient (Wildman–Crippen LogP) is 7.76. The average Bonchev–Trinajstić information content (AvgIpc) is 2.84. The Bertz CT molecular complexity index is 1520. The molecule has 0 aliphatic heterocycles. The van der Waals surface area contributed by atoms with E-state index in [0.717, 1.165) is 25.4 Å². The number of aromatic nitrogens is 2. The maximum Gasteiger partial charge on any atom is 0.282 e. The van der Waals surface area contributed by atoms with E-state index in [9.17, 15) is 4.79 Å². The highest BCUT2D eigenvalue weighted by Gasteiger charge is 2.15. The van der Waals surface area contributed by atoms with Crippen LogP contribution in [0.5, 0.6) is 11.5 Å². The standard InChI is InChI=1S/C26H21Br3ClN3O3/c1-3-4-24-32-22-8-7-17(27)10-20(22)26(34)33(24)31-13-16-9-19(30)12-23(35-2)25(16)36-14-15-5-6-18(28)11-21(15)29/h5-13H,3-4,14H2,1-2H3. The molecule has 4 rings (SSSR count). The van der Waals surface area contributed by atoms with Crippen LogP contribution in [-0.2, 0) is 13.0 Å². The zero-order valence-electron chi connectivity index (χ0n) is 19.4. The van der Waals surface area contributed by atoms with Crippen molar-refractivity contribution in [1.82, 2.24) is 9.66 Å². The molecule has 0 aliphatic rings. The SMILES string of the molecule is CCCc1nc2ccc(Br)cc2c(=O)n1N=Cc1cc(Cl)cc(OC)c1OCc1ccc(Br)cc1Br. The monoisotopic (exact) mass is 695 g/mol. The molecule has 6 nitrogen and oxygen atoms in total. The van der Waals surface area contributed by atoms with Gasteiger partial charge in [0.25, 0.3) is 5.56 Å². The molecule has 0 aliphatic carbocycles. The van der Waals surface area contributed by atoms with E-state index in [1.807, 2.05) is 37.3 Å². The van der Waals surface area contributed by atoms with Crippen LogP contribution < -0.4 is 15.0 Å². The van der Waals surface area contributed by atoms with Crippen molar-refractivity contribution < 1.29 is 9.47 Å². The number of halogens is 4. The molecule has 0 fully saturated rings. The van der Waals surface area contributed by atoms with Gasteiger partial charge in [0.2, 0.25) is 0 Å². The number of nitrogens with zero attached hydrogens (tertiary/aromatic N) is 3. The molecule has 10 heteroatoms. The number of aryl methyl sites for hydroxylation is 1. The third-order valence-corrected chi connectivity index (χ3v) is 7.26. The second kappa shape index (κ2) is 11.9. The van der Waals surface area contributed by atoms with Crippen molar-refractivity contribution in [3.63, 3.8) is 0 Å². The maximum atomic E-state index is 13.3. The minimum Gasteiger partial charge on any atom is -0.493 e.